The number of alkyl halides is 3. The fraction of sp³-hybridized carbons (Fsp3) is 0.286. The standard InChI is InChI=1S/C21H17F3N4O4/c22-21(23,24)16-11-15(7-8-25-16)27-10-9-26(12-19(27)31)20(32)13-1-3-14(4-2-13)28-17(29)5-6-18(28)30/h1-4,7-8,11H,5-6,9-10,12H2. The van der Waals surface area contributed by atoms with Gasteiger partial charge in [0.25, 0.3) is 5.91 Å². The third-order valence-corrected chi connectivity index (χ3v) is 5.28. The predicted octanol–water partition coefficient (Wildman–Crippen LogP) is 2.24. The number of nitrogens with zero attached hydrogens (tertiary/aromatic N) is 4. The minimum Gasteiger partial charge on any atom is -0.328 e. The van der Waals surface area contributed by atoms with Gasteiger partial charge >= 0.3 is 6.18 Å². The summed E-state index contributed by atoms with van der Waals surface area (Å²) in [4.78, 5) is 55.8. The summed E-state index contributed by atoms with van der Waals surface area (Å²) < 4.78 is 38.7. The van der Waals surface area contributed by atoms with E-state index in [9.17, 15) is 32.3 Å². The Kier molecular flexibility index (Phi) is 5.41. The van der Waals surface area contributed by atoms with Crippen LogP contribution in [0.2, 0.25) is 0 Å². The first kappa shape index (κ1) is 21.5. The number of hydrogen-bond donors (Lipinski definition) is 0. The van der Waals surface area contributed by atoms with Crippen LogP contribution in [0.5, 0.6) is 0 Å². The summed E-state index contributed by atoms with van der Waals surface area (Å²) in [6.07, 6.45) is -3.35. The summed E-state index contributed by atoms with van der Waals surface area (Å²) >= 11 is 0. The summed E-state index contributed by atoms with van der Waals surface area (Å²) in [7, 11) is 0. The Morgan fingerprint density at radius 2 is 1.53 bits per heavy atom. The summed E-state index contributed by atoms with van der Waals surface area (Å²) in [5.41, 5.74) is -0.407. The Morgan fingerprint density at radius 3 is 2.12 bits per heavy atom. The van der Waals surface area contributed by atoms with Gasteiger partial charge in [0, 0.05) is 43.4 Å². The monoisotopic (exact) mass is 446 g/mol. The molecule has 8 nitrogen and oxygen atoms in total. The first-order chi connectivity index (χ1) is 15.1. The minimum absolute atomic E-state index is 0.0285. The van der Waals surface area contributed by atoms with Crippen molar-refractivity contribution in [2.45, 2.75) is 19.0 Å². The zero-order chi connectivity index (χ0) is 23.0. The van der Waals surface area contributed by atoms with E-state index in [1.807, 2.05) is 0 Å². The van der Waals surface area contributed by atoms with E-state index in [0.717, 1.165) is 17.2 Å². The maximum Gasteiger partial charge on any atom is 0.433 e. The van der Waals surface area contributed by atoms with Crippen LogP contribution >= 0.6 is 0 Å². The number of rotatable bonds is 3. The molecule has 0 N–H and O–H groups in total. The van der Waals surface area contributed by atoms with Crippen LogP contribution in [0.3, 0.4) is 0 Å². The number of piperazine rings is 1. The van der Waals surface area contributed by atoms with Gasteiger partial charge in [-0.25, -0.2) is 0 Å². The average molecular weight is 446 g/mol. The maximum atomic E-state index is 12.9. The highest BCUT2D eigenvalue weighted by molar-refractivity contribution is 6.19. The topological polar surface area (TPSA) is 90.9 Å². The van der Waals surface area contributed by atoms with Gasteiger partial charge in [0.15, 0.2) is 0 Å². The van der Waals surface area contributed by atoms with Gasteiger partial charge in [0.05, 0.1) is 5.69 Å². The van der Waals surface area contributed by atoms with E-state index >= 15 is 0 Å². The van der Waals surface area contributed by atoms with E-state index in [4.69, 9.17) is 0 Å². The lowest BCUT2D eigenvalue weighted by atomic mass is 10.1. The van der Waals surface area contributed by atoms with E-state index in [2.05, 4.69) is 4.98 Å². The molecule has 3 heterocycles. The fourth-order valence-corrected chi connectivity index (χ4v) is 3.66. The van der Waals surface area contributed by atoms with Crippen molar-refractivity contribution in [3.05, 3.63) is 53.9 Å². The zero-order valence-electron chi connectivity index (χ0n) is 16.6. The number of benzene rings is 1. The van der Waals surface area contributed by atoms with Crippen molar-refractivity contribution in [1.29, 1.82) is 0 Å². The number of anilines is 2. The zero-order valence-corrected chi connectivity index (χ0v) is 16.6. The molecule has 166 valence electrons. The number of pyridine rings is 1. The highest BCUT2D eigenvalue weighted by atomic mass is 19.4. The molecular formula is C21H17F3N4O4. The SMILES string of the molecule is O=C(c1ccc(N2C(=O)CCC2=O)cc1)N1CCN(c2ccnc(C(F)(F)F)c2)C(=O)C1. The molecule has 32 heavy (non-hydrogen) atoms. The van der Waals surface area contributed by atoms with Gasteiger partial charge in [-0.1, -0.05) is 0 Å². The number of amides is 4. The Bertz CT molecular complexity index is 1080. The van der Waals surface area contributed by atoms with Gasteiger partial charge in [-0.3, -0.25) is 29.1 Å². The van der Waals surface area contributed by atoms with Gasteiger partial charge in [0.2, 0.25) is 17.7 Å². The Hall–Kier alpha value is -3.76. The molecule has 0 bridgehead atoms. The molecule has 2 aliphatic rings. The van der Waals surface area contributed by atoms with Crippen molar-refractivity contribution in [2.24, 2.45) is 0 Å². The summed E-state index contributed by atoms with van der Waals surface area (Å²) in [6, 6.07) is 8.02. The molecule has 1 aromatic carbocycles. The predicted molar refractivity (Wildman–Crippen MR) is 106 cm³/mol. The highest BCUT2D eigenvalue weighted by Gasteiger charge is 2.35. The van der Waals surface area contributed by atoms with Crippen molar-refractivity contribution in [2.75, 3.05) is 29.4 Å². The Morgan fingerprint density at radius 1 is 0.875 bits per heavy atom. The van der Waals surface area contributed by atoms with E-state index < -0.39 is 23.7 Å². The lowest BCUT2D eigenvalue weighted by Gasteiger charge is -2.34. The van der Waals surface area contributed by atoms with Crippen LogP contribution in [-0.2, 0) is 20.6 Å². The quantitative estimate of drug-likeness (QED) is 0.675. The van der Waals surface area contributed by atoms with Crippen LogP contribution in [0.1, 0.15) is 28.9 Å². The van der Waals surface area contributed by atoms with Crippen molar-refractivity contribution >= 4 is 35.0 Å². The molecule has 0 unspecified atom stereocenters. The van der Waals surface area contributed by atoms with Gasteiger partial charge in [-0.15, -0.1) is 0 Å². The van der Waals surface area contributed by atoms with Crippen LogP contribution < -0.4 is 9.80 Å². The van der Waals surface area contributed by atoms with Gasteiger partial charge in [0.1, 0.15) is 12.2 Å². The largest absolute Gasteiger partial charge is 0.433 e. The van der Waals surface area contributed by atoms with Gasteiger partial charge in [-0.05, 0) is 36.4 Å². The minimum atomic E-state index is -4.63. The third-order valence-electron chi connectivity index (χ3n) is 5.28. The van der Waals surface area contributed by atoms with E-state index in [1.54, 1.807) is 0 Å². The maximum absolute atomic E-state index is 12.9. The van der Waals surface area contributed by atoms with Crippen molar-refractivity contribution < 1.29 is 32.3 Å². The second-order valence-corrected chi connectivity index (χ2v) is 7.34. The first-order valence-electron chi connectivity index (χ1n) is 9.74. The first-order valence-corrected chi connectivity index (χ1v) is 9.74. The molecule has 0 radical (unpaired) electrons. The molecule has 4 amide bonds. The summed E-state index contributed by atoms with van der Waals surface area (Å²) in [6.45, 7) is -0.146. The molecule has 2 fully saturated rings. The third kappa shape index (κ3) is 4.05. The van der Waals surface area contributed by atoms with Crippen molar-refractivity contribution in [1.82, 2.24) is 9.88 Å². The van der Waals surface area contributed by atoms with Gasteiger partial charge in [-0.2, -0.15) is 13.2 Å². The molecule has 0 saturated carbocycles. The molecule has 0 aliphatic carbocycles. The number of carbonyl (C=O) groups excluding carboxylic acids is 4. The second-order valence-electron chi connectivity index (χ2n) is 7.34. The molecule has 2 saturated heterocycles. The van der Waals surface area contributed by atoms with E-state index in [1.165, 1.54) is 40.1 Å². The molecule has 11 heteroatoms. The Labute approximate surface area is 180 Å². The molecule has 2 aliphatic heterocycles. The lowest BCUT2D eigenvalue weighted by Crippen LogP contribution is -2.52. The normalized spacial score (nSPS) is 17.3. The van der Waals surface area contributed by atoms with Crippen LogP contribution in [0.25, 0.3) is 0 Å². The van der Waals surface area contributed by atoms with E-state index in [0.29, 0.717) is 5.69 Å². The molecule has 2 aromatic rings. The Balaban J connectivity index is 1.44. The molecular weight excluding hydrogens is 429 g/mol. The van der Waals surface area contributed by atoms with Gasteiger partial charge < -0.3 is 9.80 Å². The smallest absolute Gasteiger partial charge is 0.328 e. The highest BCUT2D eigenvalue weighted by Crippen LogP contribution is 2.30. The second kappa shape index (κ2) is 8.06. The average Bonchev–Trinajstić information content (AvgIpc) is 3.10. The fourth-order valence-electron chi connectivity index (χ4n) is 3.66. The molecule has 1 aromatic heterocycles. The van der Waals surface area contributed by atoms with Crippen LogP contribution in [0.15, 0.2) is 42.6 Å². The van der Waals surface area contributed by atoms with Crippen LogP contribution in [0.4, 0.5) is 24.5 Å². The number of carbonyl (C=O) groups is 4. The number of halogens is 3. The summed E-state index contributed by atoms with van der Waals surface area (Å²) in [5, 5.41) is 0. The number of aromatic nitrogens is 1. The van der Waals surface area contributed by atoms with Crippen molar-refractivity contribution in [3.8, 4) is 0 Å². The molecule has 4 rings (SSSR count). The molecule has 0 spiro atoms. The summed E-state index contributed by atoms with van der Waals surface area (Å²) in [5.74, 6) is -1.57. The van der Waals surface area contributed by atoms with Crippen molar-refractivity contribution in [3.63, 3.8) is 0 Å². The van der Waals surface area contributed by atoms with Crippen LogP contribution in [0, 0.1) is 0 Å². The molecule has 0 atom stereocenters. The van der Waals surface area contributed by atoms with Crippen LogP contribution in [-0.4, -0.2) is 53.1 Å². The number of hydrogen-bond acceptors (Lipinski definition) is 5. The van der Waals surface area contributed by atoms with E-state index in [-0.39, 0.29) is 55.5 Å². The lowest BCUT2D eigenvalue weighted by molar-refractivity contribution is -0.141. The number of imide groups is 1.